The average Bonchev–Trinajstić information content (AvgIpc) is 3.24. The van der Waals surface area contributed by atoms with Crippen molar-refractivity contribution in [3.05, 3.63) is 89.6 Å². The summed E-state index contributed by atoms with van der Waals surface area (Å²) in [6.45, 7) is 0. The fourth-order valence-corrected chi connectivity index (χ4v) is 4.55. The third-order valence-corrected chi connectivity index (χ3v) is 6.08. The van der Waals surface area contributed by atoms with Gasteiger partial charge in [0.2, 0.25) is 0 Å². The van der Waals surface area contributed by atoms with Gasteiger partial charge in [-0.1, -0.05) is 45.7 Å². The number of phenolic OH excluding ortho intramolecular Hbond substituents is 1. The molecule has 3 N–H and O–H groups in total. The molecule has 0 radical (unpaired) electrons. The molecular weight excluding hydrogens is 570 g/mol. The molecule has 0 saturated heterocycles. The Hall–Kier alpha value is -2.46. The molecule has 2 aromatic carbocycles. The number of carbonyl (C=O) groups is 2. The molecule has 3 aromatic rings. The van der Waals surface area contributed by atoms with E-state index >= 15 is 0 Å². The molecule has 6 nitrogen and oxygen atoms in total. The zero-order valence-corrected chi connectivity index (χ0v) is 20.3. The number of halogens is 3. The molecule has 2 amide bonds. The molecule has 0 saturated carbocycles. The van der Waals surface area contributed by atoms with Gasteiger partial charge in [0.15, 0.2) is 0 Å². The highest BCUT2D eigenvalue weighted by Gasteiger charge is 2.16. The number of nitrogens with zero attached hydrogens (tertiary/aromatic N) is 1. The minimum atomic E-state index is -0.640. The lowest BCUT2D eigenvalue weighted by Crippen LogP contribution is -2.33. The summed E-state index contributed by atoms with van der Waals surface area (Å²) in [5.74, 6) is -1.19. The fraction of sp³-hybridized carbons (Fsp3) is 0. The SMILES string of the molecule is O=C(N/N=C/c1cc(Br)cc(Br)c1O)C(=Cc1cccs1)NC(=O)c1ccccc1Cl. The van der Waals surface area contributed by atoms with Crippen LogP contribution >= 0.6 is 54.8 Å². The van der Waals surface area contributed by atoms with Crippen LogP contribution in [0.5, 0.6) is 5.75 Å². The maximum Gasteiger partial charge on any atom is 0.287 e. The Bertz CT molecular complexity index is 1180. The molecule has 10 heteroatoms. The first-order valence-corrected chi connectivity index (χ1v) is 11.5. The van der Waals surface area contributed by atoms with E-state index < -0.39 is 11.8 Å². The Balaban J connectivity index is 1.80. The first kappa shape index (κ1) is 23.2. The van der Waals surface area contributed by atoms with Crippen LogP contribution in [0.3, 0.4) is 0 Å². The molecule has 0 aliphatic rings. The van der Waals surface area contributed by atoms with E-state index in [4.69, 9.17) is 11.6 Å². The van der Waals surface area contributed by atoms with E-state index in [-0.39, 0.29) is 22.0 Å². The number of hydrogen-bond acceptors (Lipinski definition) is 5. The van der Waals surface area contributed by atoms with Crippen molar-refractivity contribution < 1.29 is 14.7 Å². The first-order chi connectivity index (χ1) is 14.8. The van der Waals surface area contributed by atoms with Crippen LogP contribution in [0.25, 0.3) is 6.08 Å². The van der Waals surface area contributed by atoms with Crippen LogP contribution in [0.2, 0.25) is 5.02 Å². The van der Waals surface area contributed by atoms with E-state index in [0.717, 1.165) is 9.35 Å². The number of carbonyl (C=O) groups excluding carboxylic acids is 2. The van der Waals surface area contributed by atoms with E-state index in [2.05, 4.69) is 47.7 Å². The Morgan fingerprint density at radius 2 is 1.90 bits per heavy atom. The molecule has 0 aliphatic heterocycles. The van der Waals surface area contributed by atoms with E-state index in [9.17, 15) is 14.7 Å². The molecule has 0 bridgehead atoms. The zero-order chi connectivity index (χ0) is 22.4. The molecule has 0 spiro atoms. The number of amides is 2. The second-order valence-electron chi connectivity index (χ2n) is 6.03. The van der Waals surface area contributed by atoms with E-state index in [0.29, 0.717) is 10.0 Å². The fourth-order valence-electron chi connectivity index (χ4n) is 2.41. The molecule has 31 heavy (non-hydrogen) atoms. The van der Waals surface area contributed by atoms with Crippen LogP contribution in [0.15, 0.2) is 73.7 Å². The van der Waals surface area contributed by atoms with Crippen LogP contribution in [0, 0.1) is 0 Å². The Morgan fingerprint density at radius 3 is 2.61 bits per heavy atom. The van der Waals surface area contributed by atoms with Crippen molar-refractivity contribution in [2.45, 2.75) is 0 Å². The van der Waals surface area contributed by atoms with Crippen molar-refractivity contribution >= 4 is 78.9 Å². The lowest BCUT2D eigenvalue weighted by molar-refractivity contribution is -0.117. The predicted octanol–water partition coefficient (Wildman–Crippen LogP) is 5.55. The normalized spacial score (nSPS) is 11.5. The Labute approximate surface area is 203 Å². The summed E-state index contributed by atoms with van der Waals surface area (Å²) in [4.78, 5) is 26.1. The number of nitrogens with one attached hydrogen (secondary N) is 2. The zero-order valence-electron chi connectivity index (χ0n) is 15.6. The smallest absolute Gasteiger partial charge is 0.287 e. The van der Waals surface area contributed by atoms with Gasteiger partial charge in [0.25, 0.3) is 11.8 Å². The summed E-state index contributed by atoms with van der Waals surface area (Å²) in [5, 5.41) is 18.7. The third kappa shape index (κ3) is 6.27. The molecule has 0 atom stereocenters. The van der Waals surface area contributed by atoms with Gasteiger partial charge in [-0.15, -0.1) is 11.3 Å². The molecular formula is C21H14Br2ClN3O3S. The Kier molecular flexibility index (Phi) is 8.03. The maximum absolute atomic E-state index is 12.7. The van der Waals surface area contributed by atoms with Crippen LogP contribution in [-0.2, 0) is 4.79 Å². The van der Waals surface area contributed by atoms with Crippen molar-refractivity contribution in [3.8, 4) is 5.75 Å². The van der Waals surface area contributed by atoms with Crippen molar-refractivity contribution in [2.24, 2.45) is 5.10 Å². The van der Waals surface area contributed by atoms with E-state index in [1.165, 1.54) is 23.6 Å². The molecule has 0 unspecified atom stereocenters. The second kappa shape index (κ2) is 10.7. The summed E-state index contributed by atoms with van der Waals surface area (Å²) < 4.78 is 1.19. The van der Waals surface area contributed by atoms with Crippen LogP contribution in [0.4, 0.5) is 0 Å². The monoisotopic (exact) mass is 581 g/mol. The summed E-state index contributed by atoms with van der Waals surface area (Å²) in [6, 6.07) is 13.5. The second-order valence-corrected chi connectivity index (χ2v) is 9.19. The third-order valence-electron chi connectivity index (χ3n) is 3.87. The molecule has 0 fully saturated rings. The highest BCUT2D eigenvalue weighted by Crippen LogP contribution is 2.30. The maximum atomic E-state index is 12.7. The number of benzene rings is 2. The number of thiophene rings is 1. The van der Waals surface area contributed by atoms with Crippen molar-refractivity contribution in [3.63, 3.8) is 0 Å². The summed E-state index contributed by atoms with van der Waals surface area (Å²) in [6.07, 6.45) is 2.83. The van der Waals surface area contributed by atoms with Gasteiger partial charge < -0.3 is 10.4 Å². The topological polar surface area (TPSA) is 90.8 Å². The lowest BCUT2D eigenvalue weighted by atomic mass is 10.2. The molecule has 1 aromatic heterocycles. The van der Waals surface area contributed by atoms with E-state index in [1.807, 2.05) is 11.4 Å². The van der Waals surface area contributed by atoms with Gasteiger partial charge in [-0.2, -0.15) is 5.10 Å². The van der Waals surface area contributed by atoms with Crippen LogP contribution in [0.1, 0.15) is 20.8 Å². The number of hydrogen-bond donors (Lipinski definition) is 3. The largest absolute Gasteiger partial charge is 0.506 e. The molecule has 0 aliphatic carbocycles. The standard InChI is InChI=1S/C21H14Br2ClN3O3S/c22-13-8-12(19(28)16(23)9-13)11-25-27-21(30)18(10-14-4-3-7-31-14)26-20(29)15-5-1-2-6-17(15)24/h1-11,28H,(H,26,29)(H,27,30)/b18-10?,25-11+. The number of phenols is 1. The highest BCUT2D eigenvalue weighted by atomic mass is 79.9. The number of rotatable bonds is 6. The Morgan fingerprint density at radius 1 is 1.13 bits per heavy atom. The van der Waals surface area contributed by atoms with Crippen LogP contribution in [-0.4, -0.2) is 23.1 Å². The van der Waals surface area contributed by atoms with Crippen molar-refractivity contribution in [1.29, 1.82) is 0 Å². The molecule has 158 valence electrons. The number of hydrazone groups is 1. The summed E-state index contributed by atoms with van der Waals surface area (Å²) in [7, 11) is 0. The van der Waals surface area contributed by atoms with E-state index in [1.54, 1.807) is 42.5 Å². The lowest BCUT2D eigenvalue weighted by Gasteiger charge is -2.10. The van der Waals surface area contributed by atoms with Gasteiger partial charge in [0.1, 0.15) is 11.4 Å². The van der Waals surface area contributed by atoms with Gasteiger partial charge in [-0.05, 0) is 57.7 Å². The summed E-state index contributed by atoms with van der Waals surface area (Å²) >= 11 is 14.0. The van der Waals surface area contributed by atoms with Gasteiger partial charge in [-0.3, -0.25) is 9.59 Å². The molecule has 1 heterocycles. The minimum Gasteiger partial charge on any atom is -0.506 e. The predicted molar refractivity (Wildman–Crippen MR) is 130 cm³/mol. The quantitative estimate of drug-likeness (QED) is 0.202. The number of aromatic hydroxyl groups is 1. The average molecular weight is 584 g/mol. The van der Waals surface area contributed by atoms with Gasteiger partial charge in [0.05, 0.1) is 21.3 Å². The van der Waals surface area contributed by atoms with Gasteiger partial charge >= 0.3 is 0 Å². The molecule has 3 rings (SSSR count). The summed E-state index contributed by atoms with van der Waals surface area (Å²) in [5.41, 5.74) is 2.97. The van der Waals surface area contributed by atoms with Crippen molar-refractivity contribution in [1.82, 2.24) is 10.7 Å². The van der Waals surface area contributed by atoms with Crippen molar-refractivity contribution in [2.75, 3.05) is 0 Å². The van der Waals surface area contributed by atoms with Crippen LogP contribution < -0.4 is 10.7 Å². The minimum absolute atomic E-state index is 0.0100. The highest BCUT2D eigenvalue weighted by molar-refractivity contribution is 9.11. The van der Waals surface area contributed by atoms with Gasteiger partial charge in [-0.25, -0.2) is 5.43 Å². The first-order valence-electron chi connectivity index (χ1n) is 8.67. The van der Waals surface area contributed by atoms with Gasteiger partial charge in [0, 0.05) is 14.9 Å².